The fourth-order valence-electron chi connectivity index (χ4n) is 8.68. The molecule has 188 valence electrons. The van der Waals surface area contributed by atoms with Gasteiger partial charge in [-0.2, -0.15) is 0 Å². The molecule has 4 rings (SSSR count). The van der Waals surface area contributed by atoms with Crippen LogP contribution in [0.1, 0.15) is 85.5 Å². The molecule has 0 radical (unpaired) electrons. The number of carbonyl (C=O) groups excluding carboxylic acids is 1. The van der Waals surface area contributed by atoms with E-state index in [0.717, 1.165) is 55.8 Å². The van der Waals surface area contributed by atoms with Crippen LogP contribution >= 0.6 is 0 Å². The molecule has 4 aliphatic carbocycles. The standard InChI is InChI=1S/C27H47N3O3/c1-6-28-15-16-30(5)25(32)33-29-18(2)22-9-10-23-21-8-7-19-17-20(31)11-13-26(19,3)24(21)12-14-27(22,23)4/h19-24,28,31H,6-17H2,1-5H3/b29-18+/t19-,20-,21+,22-,23+,24+,26+,27-/m1/s1. The maximum atomic E-state index is 12.4. The second kappa shape index (κ2) is 9.85. The van der Waals surface area contributed by atoms with E-state index in [1.165, 1.54) is 38.5 Å². The summed E-state index contributed by atoms with van der Waals surface area (Å²) in [4.78, 5) is 19.3. The third-order valence-electron chi connectivity index (χ3n) is 10.6. The smallest absolute Gasteiger partial charge is 0.393 e. The molecule has 6 nitrogen and oxygen atoms in total. The highest BCUT2D eigenvalue weighted by atomic mass is 16.7. The van der Waals surface area contributed by atoms with Crippen LogP contribution in [0.3, 0.4) is 0 Å². The predicted molar refractivity (Wildman–Crippen MR) is 132 cm³/mol. The lowest BCUT2D eigenvalue weighted by atomic mass is 9.44. The van der Waals surface area contributed by atoms with Gasteiger partial charge in [-0.15, -0.1) is 0 Å². The Morgan fingerprint density at radius 2 is 1.82 bits per heavy atom. The van der Waals surface area contributed by atoms with Gasteiger partial charge in [0, 0.05) is 26.1 Å². The summed E-state index contributed by atoms with van der Waals surface area (Å²) in [5.41, 5.74) is 1.67. The van der Waals surface area contributed by atoms with Gasteiger partial charge in [-0.05, 0) is 106 Å². The first-order valence-electron chi connectivity index (χ1n) is 13.6. The molecule has 2 N–H and O–H groups in total. The summed E-state index contributed by atoms with van der Waals surface area (Å²) in [5, 5.41) is 17.9. The van der Waals surface area contributed by atoms with E-state index < -0.39 is 0 Å². The van der Waals surface area contributed by atoms with Crippen LogP contribution in [0.25, 0.3) is 0 Å². The van der Waals surface area contributed by atoms with E-state index in [9.17, 15) is 9.90 Å². The molecule has 4 aliphatic rings. The van der Waals surface area contributed by atoms with Crippen molar-refractivity contribution < 1.29 is 14.7 Å². The molecule has 0 heterocycles. The largest absolute Gasteiger partial charge is 0.435 e. The Kier molecular flexibility index (Phi) is 7.45. The van der Waals surface area contributed by atoms with Gasteiger partial charge in [0.15, 0.2) is 0 Å². The van der Waals surface area contributed by atoms with Crippen LogP contribution in [0.4, 0.5) is 4.79 Å². The number of amides is 1. The minimum Gasteiger partial charge on any atom is -0.393 e. The van der Waals surface area contributed by atoms with E-state index in [4.69, 9.17) is 4.84 Å². The Morgan fingerprint density at radius 1 is 1.09 bits per heavy atom. The molecule has 0 aliphatic heterocycles. The third kappa shape index (κ3) is 4.59. The molecule has 33 heavy (non-hydrogen) atoms. The number of likely N-dealkylation sites (N-methyl/N-ethyl adjacent to an activating group) is 2. The van der Waals surface area contributed by atoms with E-state index in [1.807, 2.05) is 0 Å². The number of rotatable bonds is 6. The Balaban J connectivity index is 1.41. The first-order chi connectivity index (χ1) is 15.7. The molecule has 0 spiro atoms. The molecule has 0 saturated heterocycles. The van der Waals surface area contributed by atoms with Crippen LogP contribution in [0.15, 0.2) is 5.16 Å². The van der Waals surface area contributed by atoms with Crippen LogP contribution in [-0.4, -0.2) is 54.6 Å². The number of aliphatic hydroxyl groups excluding tert-OH is 1. The van der Waals surface area contributed by atoms with Gasteiger partial charge in [-0.25, -0.2) is 4.79 Å². The Labute approximate surface area is 200 Å². The topological polar surface area (TPSA) is 74.2 Å². The minimum atomic E-state index is -0.374. The van der Waals surface area contributed by atoms with Crippen LogP contribution in [0, 0.1) is 40.4 Å². The summed E-state index contributed by atoms with van der Waals surface area (Å²) in [7, 11) is 1.76. The van der Waals surface area contributed by atoms with Gasteiger partial charge in [0.2, 0.25) is 0 Å². The Morgan fingerprint density at radius 3 is 2.58 bits per heavy atom. The van der Waals surface area contributed by atoms with Gasteiger partial charge in [0.25, 0.3) is 0 Å². The summed E-state index contributed by atoms with van der Waals surface area (Å²) in [6.07, 6.45) is 10.4. The molecular weight excluding hydrogens is 414 g/mol. The van der Waals surface area contributed by atoms with E-state index in [0.29, 0.717) is 23.8 Å². The van der Waals surface area contributed by atoms with Crippen molar-refractivity contribution in [3.63, 3.8) is 0 Å². The molecule has 4 saturated carbocycles. The summed E-state index contributed by atoms with van der Waals surface area (Å²) in [5.74, 6) is 3.46. The molecule has 0 unspecified atom stereocenters. The van der Waals surface area contributed by atoms with Crippen molar-refractivity contribution >= 4 is 11.8 Å². The normalized spacial score (nSPS) is 42.8. The highest BCUT2D eigenvalue weighted by molar-refractivity contribution is 5.85. The van der Waals surface area contributed by atoms with E-state index >= 15 is 0 Å². The van der Waals surface area contributed by atoms with Gasteiger partial charge in [-0.1, -0.05) is 25.9 Å². The molecule has 0 aromatic heterocycles. The van der Waals surface area contributed by atoms with Gasteiger partial charge in [-0.3, -0.25) is 4.84 Å². The van der Waals surface area contributed by atoms with Gasteiger partial charge in [0.05, 0.1) is 11.8 Å². The second-order valence-electron chi connectivity index (χ2n) is 12.1. The maximum Gasteiger partial charge on any atom is 0.435 e. The third-order valence-corrected chi connectivity index (χ3v) is 10.6. The molecular formula is C27H47N3O3. The predicted octanol–water partition coefficient (Wildman–Crippen LogP) is 5.06. The zero-order chi connectivity index (χ0) is 23.8. The summed E-state index contributed by atoms with van der Waals surface area (Å²) < 4.78 is 0. The molecule has 0 bridgehead atoms. The average Bonchev–Trinajstić information content (AvgIpc) is 3.15. The lowest BCUT2D eigenvalue weighted by Crippen LogP contribution is -2.54. The van der Waals surface area contributed by atoms with Crippen molar-refractivity contribution in [2.24, 2.45) is 45.6 Å². The Bertz CT molecular complexity index is 742. The van der Waals surface area contributed by atoms with Crippen LogP contribution in [0.2, 0.25) is 0 Å². The minimum absolute atomic E-state index is 0.0760. The fourth-order valence-corrected chi connectivity index (χ4v) is 8.68. The molecule has 6 heteroatoms. The summed E-state index contributed by atoms with van der Waals surface area (Å²) >= 11 is 0. The number of nitrogens with one attached hydrogen (secondary N) is 1. The monoisotopic (exact) mass is 461 g/mol. The van der Waals surface area contributed by atoms with Gasteiger partial charge < -0.3 is 15.3 Å². The fraction of sp³-hybridized carbons (Fsp3) is 0.926. The number of carbonyl (C=O) groups is 1. The van der Waals surface area contributed by atoms with Crippen LogP contribution in [0.5, 0.6) is 0 Å². The number of fused-ring (bicyclic) bond motifs is 5. The van der Waals surface area contributed by atoms with Crippen LogP contribution < -0.4 is 5.32 Å². The zero-order valence-corrected chi connectivity index (χ0v) is 21.6. The average molecular weight is 462 g/mol. The number of oxime groups is 1. The zero-order valence-electron chi connectivity index (χ0n) is 21.6. The van der Waals surface area contributed by atoms with Gasteiger partial charge in [0.1, 0.15) is 0 Å². The molecule has 8 atom stereocenters. The quantitative estimate of drug-likeness (QED) is 0.251. The van der Waals surface area contributed by atoms with Crippen molar-refractivity contribution in [3.05, 3.63) is 0 Å². The number of hydrogen-bond donors (Lipinski definition) is 2. The molecule has 0 aromatic carbocycles. The highest BCUT2D eigenvalue weighted by Crippen LogP contribution is 2.67. The highest BCUT2D eigenvalue weighted by Gasteiger charge is 2.60. The molecule has 0 aromatic rings. The first-order valence-corrected chi connectivity index (χ1v) is 13.6. The Hall–Kier alpha value is -1.14. The van der Waals surface area contributed by atoms with Crippen molar-refractivity contribution in [2.75, 3.05) is 26.7 Å². The van der Waals surface area contributed by atoms with Crippen molar-refractivity contribution in [3.8, 4) is 0 Å². The SMILES string of the molecule is CCNCCN(C)C(=O)O/N=C(\C)[C@H]1CC[C@H]2[C@@H]3CC[C@@H]4C[C@H](O)CC[C@]4(C)[C@H]3CC[C@]12C. The summed E-state index contributed by atoms with van der Waals surface area (Å²) in [6, 6.07) is 0. The maximum absolute atomic E-state index is 12.4. The molecule has 4 fully saturated rings. The molecule has 1 amide bonds. The summed E-state index contributed by atoms with van der Waals surface area (Å²) in [6.45, 7) is 11.4. The van der Waals surface area contributed by atoms with Crippen LogP contribution in [-0.2, 0) is 4.84 Å². The van der Waals surface area contributed by atoms with E-state index in [1.54, 1.807) is 11.9 Å². The number of aliphatic hydroxyl groups is 1. The second-order valence-corrected chi connectivity index (χ2v) is 12.1. The van der Waals surface area contributed by atoms with Crippen molar-refractivity contribution in [2.45, 2.75) is 91.6 Å². The van der Waals surface area contributed by atoms with E-state index in [-0.39, 0.29) is 17.6 Å². The van der Waals surface area contributed by atoms with Gasteiger partial charge >= 0.3 is 6.09 Å². The lowest BCUT2D eigenvalue weighted by Gasteiger charge is -2.61. The first kappa shape index (κ1) is 25.0. The lowest BCUT2D eigenvalue weighted by molar-refractivity contribution is -0.123. The number of nitrogens with zero attached hydrogens (tertiary/aromatic N) is 2. The number of hydrogen-bond acceptors (Lipinski definition) is 5. The van der Waals surface area contributed by atoms with Crippen molar-refractivity contribution in [1.82, 2.24) is 10.2 Å². The van der Waals surface area contributed by atoms with E-state index in [2.05, 4.69) is 38.2 Å². The van der Waals surface area contributed by atoms with Crippen molar-refractivity contribution in [1.29, 1.82) is 0 Å².